The molecule has 0 aliphatic carbocycles. The summed E-state index contributed by atoms with van der Waals surface area (Å²) in [4.78, 5) is 9.64. The molecule has 2 aliphatic heterocycles. The number of hydrogen-bond acceptors (Lipinski definition) is 3. The van der Waals surface area contributed by atoms with Crippen LogP contribution in [0.5, 0.6) is 0 Å². The molecule has 31 heavy (non-hydrogen) atoms. The van der Waals surface area contributed by atoms with Crippen molar-refractivity contribution < 1.29 is 13.2 Å². The van der Waals surface area contributed by atoms with Crippen molar-refractivity contribution in [1.29, 1.82) is 0 Å². The lowest BCUT2D eigenvalue weighted by Crippen LogP contribution is -2.34. The highest BCUT2D eigenvalue weighted by molar-refractivity contribution is 7.96. The first kappa shape index (κ1) is 20.3. The van der Waals surface area contributed by atoms with E-state index in [1.807, 2.05) is 34.7 Å². The summed E-state index contributed by atoms with van der Waals surface area (Å²) in [6.07, 6.45) is -2.53. The van der Waals surface area contributed by atoms with E-state index in [-0.39, 0.29) is 5.69 Å². The Morgan fingerprint density at radius 1 is 1.06 bits per heavy atom. The summed E-state index contributed by atoms with van der Waals surface area (Å²) in [5, 5.41) is 4.58. The molecule has 0 amide bonds. The van der Waals surface area contributed by atoms with Crippen LogP contribution in [-0.4, -0.2) is 56.5 Å². The molecule has 2 fully saturated rings. The molecule has 162 valence electrons. The number of aromatic nitrogens is 3. The highest BCUT2D eigenvalue weighted by atomic mass is 32.1. The van der Waals surface area contributed by atoms with Crippen LogP contribution in [0.15, 0.2) is 42.6 Å². The van der Waals surface area contributed by atoms with Crippen LogP contribution in [0, 0.1) is 18.8 Å². The highest BCUT2D eigenvalue weighted by Crippen LogP contribution is 2.41. The van der Waals surface area contributed by atoms with Crippen molar-refractivity contribution in [2.24, 2.45) is 11.8 Å². The smallest absolute Gasteiger partial charge is 0.370 e. The van der Waals surface area contributed by atoms with E-state index in [1.54, 1.807) is 12.1 Å². The van der Waals surface area contributed by atoms with Crippen molar-refractivity contribution >= 4 is 33.1 Å². The third-order valence-electron chi connectivity index (χ3n) is 6.18. The lowest BCUT2D eigenvalue weighted by Gasteiger charge is -2.26. The minimum Gasteiger partial charge on any atom is -0.370 e. The van der Waals surface area contributed by atoms with E-state index in [4.69, 9.17) is 0 Å². The van der Waals surface area contributed by atoms with E-state index in [1.165, 1.54) is 23.1 Å². The molecule has 5 nitrogen and oxygen atoms in total. The Morgan fingerprint density at radius 3 is 2.45 bits per heavy atom. The molecule has 2 saturated heterocycles. The normalized spacial score (nSPS) is 21.6. The second kappa shape index (κ2) is 7.49. The largest absolute Gasteiger partial charge is 0.418 e. The third kappa shape index (κ3) is 3.55. The van der Waals surface area contributed by atoms with E-state index < -0.39 is 11.7 Å². The number of imidazole rings is 1. The van der Waals surface area contributed by atoms with Gasteiger partial charge in [0, 0.05) is 31.9 Å². The summed E-state index contributed by atoms with van der Waals surface area (Å²) in [7, 11) is 1.42. The molecule has 0 radical (unpaired) electrons. The Bertz CT molecular complexity index is 1180. The van der Waals surface area contributed by atoms with Crippen molar-refractivity contribution in [3.8, 4) is 0 Å². The van der Waals surface area contributed by atoms with E-state index in [2.05, 4.69) is 20.9 Å². The Balaban J connectivity index is 1.37. The van der Waals surface area contributed by atoms with Crippen LogP contribution >= 0.6 is 10.9 Å². The first-order valence-corrected chi connectivity index (χ1v) is 11.1. The van der Waals surface area contributed by atoms with Gasteiger partial charge in [-0.2, -0.15) is 18.3 Å². The second-order valence-electron chi connectivity index (χ2n) is 8.18. The van der Waals surface area contributed by atoms with Gasteiger partial charge in [0.15, 0.2) is 5.65 Å². The monoisotopic (exact) mass is 445 g/mol. The van der Waals surface area contributed by atoms with Gasteiger partial charge in [0.05, 0.1) is 22.4 Å². The Labute approximate surface area is 181 Å². The molecule has 5 rings (SSSR count). The Hall–Kier alpha value is -2.65. The zero-order valence-corrected chi connectivity index (χ0v) is 17.8. The van der Waals surface area contributed by atoms with Gasteiger partial charge in [-0.3, -0.25) is 4.90 Å². The fourth-order valence-electron chi connectivity index (χ4n) is 4.78. The summed E-state index contributed by atoms with van der Waals surface area (Å²) < 4.78 is 42.2. The fourth-order valence-corrected chi connectivity index (χ4v) is 5.40. The zero-order chi connectivity index (χ0) is 21.8. The molecule has 2 atom stereocenters. The van der Waals surface area contributed by atoms with Crippen molar-refractivity contribution in [1.82, 2.24) is 19.5 Å². The average molecular weight is 446 g/mol. The lowest BCUT2D eigenvalue weighted by atomic mass is 10.0. The molecule has 3 aromatic rings. The Kier molecular flexibility index (Phi) is 4.90. The Morgan fingerprint density at radius 2 is 1.77 bits per heavy atom. The molecular formula is C22H22F3N5S. The molecule has 9 heteroatoms. The van der Waals surface area contributed by atoms with Gasteiger partial charge in [-0.05, 0) is 48.9 Å². The van der Waals surface area contributed by atoms with Gasteiger partial charge < -0.3 is 4.90 Å². The fraction of sp³-hybridized carbons (Fsp3) is 0.364. The van der Waals surface area contributed by atoms with Crippen LogP contribution in [0.1, 0.15) is 17.0 Å². The predicted octanol–water partition coefficient (Wildman–Crippen LogP) is 3.77. The van der Waals surface area contributed by atoms with Gasteiger partial charge in [-0.25, -0.2) is 9.50 Å². The van der Waals surface area contributed by atoms with E-state index in [0.29, 0.717) is 24.9 Å². The molecule has 0 N–H and O–H groups in total. The number of rotatable bonds is 2. The zero-order valence-electron chi connectivity index (χ0n) is 17.0. The van der Waals surface area contributed by atoms with Gasteiger partial charge in [0.25, 0.3) is 0 Å². The molecule has 0 bridgehead atoms. The molecule has 0 saturated carbocycles. The number of hydrogen-bond donors (Lipinski definition) is 0. The molecule has 1 unspecified atom stereocenters. The van der Waals surface area contributed by atoms with Crippen LogP contribution in [0.2, 0.25) is 0 Å². The van der Waals surface area contributed by atoms with Gasteiger partial charge in [-0.15, -0.1) is 10.9 Å². The van der Waals surface area contributed by atoms with Gasteiger partial charge in [-0.1, -0.05) is 12.1 Å². The highest BCUT2D eigenvalue weighted by Gasteiger charge is 2.43. The number of nitrogens with zero attached hydrogens (tertiary/aromatic N) is 5. The maximum atomic E-state index is 13.5. The standard InChI is InChI=1S/C22H22F3N5S/c1-14-7-8-20-26-9-19(30(20)27-14)21(31-2)29-12-15-10-28(11-16(15)13-29)18-6-4-3-5-17(18)22(23,24)25/h3-9,15-16H,2,10-13H2,1H3/t15-,16?/m0/s1. The van der Waals surface area contributed by atoms with Crippen LogP contribution in [0.3, 0.4) is 0 Å². The van der Waals surface area contributed by atoms with Crippen molar-refractivity contribution in [3.05, 3.63) is 59.5 Å². The minimum atomic E-state index is -4.35. The first-order valence-electron chi connectivity index (χ1n) is 10.1. The summed E-state index contributed by atoms with van der Waals surface area (Å²) in [6, 6.07) is 9.74. The summed E-state index contributed by atoms with van der Waals surface area (Å²) in [6.45, 7) is 4.74. The number of fused-ring (bicyclic) bond motifs is 2. The number of halogens is 3. The lowest BCUT2D eigenvalue weighted by molar-refractivity contribution is -0.137. The van der Waals surface area contributed by atoms with Crippen LogP contribution in [0.4, 0.5) is 18.9 Å². The number of aryl methyl sites for hydroxylation is 1. The quantitative estimate of drug-likeness (QED) is 0.563. The number of benzene rings is 1. The maximum absolute atomic E-state index is 13.5. The molecule has 4 heterocycles. The molecule has 0 spiro atoms. The topological polar surface area (TPSA) is 36.7 Å². The molecular weight excluding hydrogens is 423 g/mol. The van der Waals surface area contributed by atoms with E-state index >= 15 is 0 Å². The summed E-state index contributed by atoms with van der Waals surface area (Å²) >= 11 is 0. The van der Waals surface area contributed by atoms with Crippen LogP contribution in [0.25, 0.3) is 5.65 Å². The average Bonchev–Trinajstić information content (AvgIpc) is 3.42. The molecule has 2 aromatic heterocycles. The van der Waals surface area contributed by atoms with Crippen molar-refractivity contribution in [3.63, 3.8) is 0 Å². The molecule has 2 aliphatic rings. The number of likely N-dealkylation sites (tertiary alicyclic amines) is 1. The van der Waals surface area contributed by atoms with E-state index in [9.17, 15) is 13.2 Å². The van der Waals surface area contributed by atoms with Crippen molar-refractivity contribution in [2.45, 2.75) is 13.1 Å². The van der Waals surface area contributed by atoms with Crippen molar-refractivity contribution in [2.75, 3.05) is 31.1 Å². The number of para-hydroxylation sites is 1. The maximum Gasteiger partial charge on any atom is 0.418 e. The van der Waals surface area contributed by atoms with Gasteiger partial charge in [0.1, 0.15) is 5.69 Å². The van der Waals surface area contributed by atoms with E-state index in [0.717, 1.165) is 35.1 Å². The molecule has 1 aromatic carbocycles. The minimum absolute atomic E-state index is 0.285. The van der Waals surface area contributed by atoms with Gasteiger partial charge >= 0.3 is 6.18 Å². The van der Waals surface area contributed by atoms with Crippen LogP contribution in [-0.2, 0) is 6.18 Å². The van der Waals surface area contributed by atoms with Crippen LogP contribution < -0.4 is 4.90 Å². The SMILES string of the molecule is C=S=C(c1cnc2ccc(C)nn12)N1CC2CN(c3ccccc3C(F)(F)F)C[C@H]2C1. The van der Waals surface area contributed by atoms with Gasteiger partial charge in [0.2, 0.25) is 0 Å². The first-order chi connectivity index (χ1) is 14.8. The third-order valence-corrected chi connectivity index (χ3v) is 6.92. The summed E-state index contributed by atoms with van der Waals surface area (Å²) in [5.41, 5.74) is 2.31. The second-order valence-corrected chi connectivity index (χ2v) is 8.86. The number of alkyl halides is 3. The predicted molar refractivity (Wildman–Crippen MR) is 119 cm³/mol. The number of anilines is 1. The summed E-state index contributed by atoms with van der Waals surface area (Å²) in [5.74, 6) is 4.65.